The summed E-state index contributed by atoms with van der Waals surface area (Å²) in [5.41, 5.74) is 0.662. The molecule has 1 aromatic carbocycles. The fourth-order valence-electron chi connectivity index (χ4n) is 1.66. The molecule has 1 heterocycles. The summed E-state index contributed by atoms with van der Waals surface area (Å²) >= 11 is 0. The molecule has 110 valence electrons. The van der Waals surface area contributed by atoms with Crippen LogP contribution in [0.4, 0.5) is 5.69 Å². The number of carbonyl (C=O) groups is 2. The van der Waals surface area contributed by atoms with Gasteiger partial charge in [0, 0.05) is 24.7 Å². The Morgan fingerprint density at radius 2 is 1.71 bits per heavy atom. The zero-order valence-electron chi connectivity index (χ0n) is 11.5. The summed E-state index contributed by atoms with van der Waals surface area (Å²) in [5.74, 6) is -0.0515. The number of rotatable bonds is 4. The Hall–Kier alpha value is -2.40. The third kappa shape index (κ3) is 5.62. The van der Waals surface area contributed by atoms with Crippen molar-refractivity contribution in [2.45, 2.75) is 13.5 Å². The standard InChI is InChI=1S/C15H14N2O3.ClH/c1-12(18)16-13-5-7-14(8-6-13)20-15(19)11-17-9-3-2-4-10-17;/h2-10H,11H2,1H3;1H. The Morgan fingerprint density at radius 1 is 1.10 bits per heavy atom. The predicted molar refractivity (Wildman–Crippen MR) is 73.0 cm³/mol. The number of halogens is 1. The van der Waals surface area contributed by atoms with E-state index < -0.39 is 0 Å². The lowest BCUT2D eigenvalue weighted by atomic mass is 10.3. The molecule has 1 aromatic heterocycles. The highest BCUT2D eigenvalue weighted by molar-refractivity contribution is 5.88. The van der Waals surface area contributed by atoms with Crippen LogP contribution in [-0.4, -0.2) is 11.9 Å². The van der Waals surface area contributed by atoms with Gasteiger partial charge in [0.2, 0.25) is 12.5 Å². The summed E-state index contributed by atoms with van der Waals surface area (Å²) < 4.78 is 6.94. The second kappa shape index (κ2) is 8.01. The Labute approximate surface area is 129 Å². The van der Waals surface area contributed by atoms with Crippen molar-refractivity contribution in [3.8, 4) is 5.75 Å². The van der Waals surface area contributed by atoms with Crippen LogP contribution >= 0.6 is 0 Å². The molecule has 0 aliphatic rings. The third-order valence-electron chi connectivity index (χ3n) is 2.50. The third-order valence-corrected chi connectivity index (χ3v) is 2.50. The first-order chi connectivity index (χ1) is 9.63. The molecule has 0 unspecified atom stereocenters. The maximum atomic E-state index is 11.7. The van der Waals surface area contributed by atoms with Crippen molar-refractivity contribution < 1.29 is 31.3 Å². The molecular weight excluding hydrogens is 292 g/mol. The van der Waals surface area contributed by atoms with E-state index in [4.69, 9.17) is 4.74 Å². The normalized spacial score (nSPS) is 9.38. The SMILES string of the molecule is CC(=O)Nc1ccc(OC(=O)C[n+]2ccccc2)cc1.[Cl-]. The molecule has 0 saturated carbocycles. The van der Waals surface area contributed by atoms with Crippen molar-refractivity contribution in [2.24, 2.45) is 0 Å². The largest absolute Gasteiger partial charge is 1.00 e. The summed E-state index contributed by atoms with van der Waals surface area (Å²) in [6, 6.07) is 12.2. The minimum Gasteiger partial charge on any atom is -1.00 e. The number of hydrogen-bond acceptors (Lipinski definition) is 3. The van der Waals surface area contributed by atoms with Crippen LogP contribution in [0.1, 0.15) is 6.92 Å². The van der Waals surface area contributed by atoms with Crippen LogP contribution in [0.2, 0.25) is 0 Å². The summed E-state index contributed by atoms with van der Waals surface area (Å²) in [6.07, 6.45) is 3.59. The van der Waals surface area contributed by atoms with E-state index in [-0.39, 0.29) is 30.8 Å². The van der Waals surface area contributed by atoms with E-state index in [0.717, 1.165) is 0 Å². The van der Waals surface area contributed by atoms with Gasteiger partial charge in [-0.25, -0.2) is 4.79 Å². The average molecular weight is 307 g/mol. The van der Waals surface area contributed by atoms with Gasteiger partial charge in [-0.3, -0.25) is 4.79 Å². The fraction of sp³-hybridized carbons (Fsp3) is 0.133. The first-order valence-corrected chi connectivity index (χ1v) is 6.16. The van der Waals surface area contributed by atoms with Crippen LogP contribution in [0.3, 0.4) is 0 Å². The van der Waals surface area contributed by atoms with Gasteiger partial charge < -0.3 is 22.5 Å². The number of pyridine rings is 1. The van der Waals surface area contributed by atoms with Gasteiger partial charge in [0.15, 0.2) is 12.4 Å². The lowest BCUT2D eigenvalue weighted by molar-refractivity contribution is -0.685. The number of hydrogen-bond donors (Lipinski definition) is 1. The number of esters is 1. The van der Waals surface area contributed by atoms with Gasteiger partial charge in [0.25, 0.3) is 0 Å². The maximum absolute atomic E-state index is 11.7. The molecule has 0 fully saturated rings. The number of amides is 1. The molecule has 2 aromatic rings. The lowest BCUT2D eigenvalue weighted by Gasteiger charge is -2.04. The number of aromatic nitrogens is 1. The highest BCUT2D eigenvalue weighted by Gasteiger charge is 2.11. The second-order valence-corrected chi connectivity index (χ2v) is 4.23. The zero-order chi connectivity index (χ0) is 14.4. The van der Waals surface area contributed by atoms with E-state index in [9.17, 15) is 9.59 Å². The number of benzene rings is 1. The summed E-state index contributed by atoms with van der Waals surface area (Å²) in [6.45, 7) is 1.58. The van der Waals surface area contributed by atoms with Crippen LogP contribution in [0, 0.1) is 0 Å². The highest BCUT2D eigenvalue weighted by Crippen LogP contribution is 2.15. The van der Waals surface area contributed by atoms with Crippen molar-refractivity contribution in [3.63, 3.8) is 0 Å². The molecular formula is C15H15ClN2O3. The second-order valence-electron chi connectivity index (χ2n) is 4.23. The molecule has 1 N–H and O–H groups in total. The Morgan fingerprint density at radius 3 is 2.29 bits per heavy atom. The minimum atomic E-state index is -0.353. The molecule has 6 heteroatoms. The lowest BCUT2D eigenvalue weighted by Crippen LogP contribution is -3.00. The van der Waals surface area contributed by atoms with Crippen molar-refractivity contribution in [1.29, 1.82) is 0 Å². The molecule has 21 heavy (non-hydrogen) atoms. The molecule has 0 spiro atoms. The Kier molecular flexibility index (Phi) is 6.36. The topological polar surface area (TPSA) is 59.3 Å². The quantitative estimate of drug-likeness (QED) is 0.427. The highest BCUT2D eigenvalue weighted by atomic mass is 35.5. The van der Waals surface area contributed by atoms with Crippen molar-refractivity contribution in [3.05, 3.63) is 54.9 Å². The number of anilines is 1. The Balaban J connectivity index is 0.00000220. The van der Waals surface area contributed by atoms with Crippen LogP contribution in [-0.2, 0) is 16.1 Å². The summed E-state index contributed by atoms with van der Waals surface area (Å²) in [5, 5.41) is 2.64. The van der Waals surface area contributed by atoms with Crippen molar-refractivity contribution >= 4 is 17.6 Å². The number of ether oxygens (including phenoxy) is 1. The molecule has 0 aliphatic heterocycles. The zero-order valence-corrected chi connectivity index (χ0v) is 12.2. The number of nitrogens with one attached hydrogen (secondary N) is 1. The monoisotopic (exact) mass is 306 g/mol. The van der Waals surface area contributed by atoms with E-state index in [2.05, 4.69) is 5.32 Å². The van der Waals surface area contributed by atoms with E-state index in [1.807, 2.05) is 18.2 Å². The van der Waals surface area contributed by atoms with Crippen LogP contribution in [0.25, 0.3) is 0 Å². The van der Waals surface area contributed by atoms with Crippen molar-refractivity contribution in [1.82, 2.24) is 0 Å². The average Bonchev–Trinajstić information content (AvgIpc) is 2.41. The molecule has 0 atom stereocenters. The fourth-order valence-corrected chi connectivity index (χ4v) is 1.66. The molecule has 0 saturated heterocycles. The summed E-state index contributed by atoms with van der Waals surface area (Å²) in [7, 11) is 0. The van der Waals surface area contributed by atoms with Crippen LogP contribution < -0.4 is 27.0 Å². The smallest absolute Gasteiger partial charge is 0.378 e. The first kappa shape index (κ1) is 16.7. The molecule has 0 radical (unpaired) electrons. The van der Waals surface area contributed by atoms with Gasteiger partial charge in [0.1, 0.15) is 5.75 Å². The molecule has 2 rings (SSSR count). The van der Waals surface area contributed by atoms with E-state index in [1.54, 1.807) is 41.2 Å². The molecule has 0 bridgehead atoms. The van der Waals surface area contributed by atoms with E-state index >= 15 is 0 Å². The van der Waals surface area contributed by atoms with Gasteiger partial charge in [-0.2, -0.15) is 4.57 Å². The van der Waals surface area contributed by atoms with Gasteiger partial charge >= 0.3 is 5.97 Å². The van der Waals surface area contributed by atoms with E-state index in [0.29, 0.717) is 11.4 Å². The van der Waals surface area contributed by atoms with Gasteiger partial charge in [-0.15, -0.1) is 0 Å². The maximum Gasteiger partial charge on any atom is 0.378 e. The minimum absolute atomic E-state index is 0. The van der Waals surface area contributed by atoms with E-state index in [1.165, 1.54) is 6.92 Å². The van der Waals surface area contributed by atoms with Gasteiger partial charge in [-0.1, -0.05) is 6.07 Å². The number of carbonyl (C=O) groups excluding carboxylic acids is 2. The first-order valence-electron chi connectivity index (χ1n) is 6.16. The van der Waals surface area contributed by atoms with Crippen LogP contribution in [0.5, 0.6) is 5.75 Å². The molecule has 1 amide bonds. The van der Waals surface area contributed by atoms with Gasteiger partial charge in [-0.05, 0) is 24.3 Å². The predicted octanol–water partition coefficient (Wildman–Crippen LogP) is -1.46. The number of nitrogens with zero attached hydrogens (tertiary/aromatic N) is 1. The molecule has 0 aliphatic carbocycles. The van der Waals surface area contributed by atoms with Crippen molar-refractivity contribution in [2.75, 3.05) is 5.32 Å². The Bertz CT molecular complexity index is 600. The van der Waals surface area contributed by atoms with Gasteiger partial charge in [0.05, 0.1) is 0 Å². The summed E-state index contributed by atoms with van der Waals surface area (Å²) in [4.78, 5) is 22.6. The molecule has 5 nitrogen and oxygen atoms in total. The van der Waals surface area contributed by atoms with Crippen LogP contribution in [0.15, 0.2) is 54.9 Å².